The minimum atomic E-state index is -3.36. The van der Waals surface area contributed by atoms with Gasteiger partial charge in [-0.25, -0.2) is 8.42 Å². The summed E-state index contributed by atoms with van der Waals surface area (Å²) in [5, 5.41) is 13.4. The highest BCUT2D eigenvalue weighted by molar-refractivity contribution is 7.92. The number of nitrogens with zero attached hydrogens (tertiary/aromatic N) is 3. The van der Waals surface area contributed by atoms with Crippen LogP contribution in [0.1, 0.15) is 31.6 Å². The summed E-state index contributed by atoms with van der Waals surface area (Å²) in [6.07, 6.45) is 4.47. The second-order valence-corrected chi connectivity index (χ2v) is 7.53. The quantitative estimate of drug-likeness (QED) is 0.921. The van der Waals surface area contributed by atoms with Crippen molar-refractivity contribution in [2.24, 2.45) is 0 Å². The van der Waals surface area contributed by atoms with Gasteiger partial charge in [-0.3, -0.25) is 4.72 Å². The molecule has 0 saturated heterocycles. The summed E-state index contributed by atoms with van der Waals surface area (Å²) in [6.45, 7) is 0. The first-order valence-electron chi connectivity index (χ1n) is 7.26. The fraction of sp³-hybridized carbons (Fsp3) is 0.400. The van der Waals surface area contributed by atoms with Crippen molar-refractivity contribution in [3.8, 4) is 17.5 Å². The second-order valence-electron chi connectivity index (χ2n) is 5.78. The molecule has 0 spiro atoms. The third kappa shape index (κ3) is 3.19. The van der Waals surface area contributed by atoms with Gasteiger partial charge in [0.1, 0.15) is 5.41 Å². The first-order valence-corrected chi connectivity index (χ1v) is 9.15. The van der Waals surface area contributed by atoms with Crippen LogP contribution in [0, 0.1) is 11.3 Å². The lowest BCUT2D eigenvalue weighted by molar-refractivity contribution is 0.321. The van der Waals surface area contributed by atoms with E-state index in [0.29, 0.717) is 23.0 Å². The van der Waals surface area contributed by atoms with Crippen LogP contribution in [0.25, 0.3) is 11.4 Å². The molecule has 3 rings (SSSR count). The maximum atomic E-state index is 11.3. The molecule has 0 radical (unpaired) electrons. The molecule has 120 valence electrons. The third-order valence-corrected chi connectivity index (χ3v) is 4.54. The van der Waals surface area contributed by atoms with Gasteiger partial charge in [-0.05, 0) is 25.0 Å². The number of sulfonamides is 1. The molecule has 0 bridgehead atoms. The van der Waals surface area contributed by atoms with Gasteiger partial charge in [0.15, 0.2) is 0 Å². The molecule has 1 aliphatic carbocycles. The molecule has 1 aromatic heterocycles. The van der Waals surface area contributed by atoms with Gasteiger partial charge in [-0.15, -0.1) is 0 Å². The first kappa shape index (κ1) is 15.5. The average Bonchev–Trinajstić information content (AvgIpc) is 3.16. The molecule has 0 amide bonds. The molecule has 0 aliphatic heterocycles. The van der Waals surface area contributed by atoms with Crippen molar-refractivity contribution >= 4 is 15.7 Å². The largest absolute Gasteiger partial charge is 0.337 e. The van der Waals surface area contributed by atoms with E-state index in [9.17, 15) is 13.7 Å². The van der Waals surface area contributed by atoms with Crippen molar-refractivity contribution in [1.82, 2.24) is 10.1 Å². The zero-order chi connectivity index (χ0) is 16.5. The Morgan fingerprint density at radius 3 is 2.74 bits per heavy atom. The van der Waals surface area contributed by atoms with Crippen molar-refractivity contribution in [2.45, 2.75) is 31.1 Å². The molecule has 1 aromatic carbocycles. The van der Waals surface area contributed by atoms with Gasteiger partial charge in [-0.1, -0.05) is 30.1 Å². The molecule has 1 fully saturated rings. The van der Waals surface area contributed by atoms with Crippen LogP contribution in [0.2, 0.25) is 0 Å². The predicted octanol–water partition coefficient (Wildman–Crippen LogP) is 2.44. The average molecular weight is 332 g/mol. The molecule has 2 aromatic rings. The summed E-state index contributed by atoms with van der Waals surface area (Å²) >= 11 is 0. The Labute approximate surface area is 134 Å². The lowest BCUT2D eigenvalue weighted by atomic mass is 9.88. The summed E-state index contributed by atoms with van der Waals surface area (Å²) in [7, 11) is -3.36. The van der Waals surface area contributed by atoms with E-state index in [1.807, 2.05) is 0 Å². The Balaban J connectivity index is 1.92. The van der Waals surface area contributed by atoms with Gasteiger partial charge in [0.25, 0.3) is 0 Å². The van der Waals surface area contributed by atoms with Crippen LogP contribution in [0.3, 0.4) is 0 Å². The molecule has 23 heavy (non-hydrogen) atoms. The van der Waals surface area contributed by atoms with Crippen molar-refractivity contribution in [1.29, 1.82) is 5.26 Å². The van der Waals surface area contributed by atoms with E-state index in [0.717, 1.165) is 31.9 Å². The van der Waals surface area contributed by atoms with Crippen molar-refractivity contribution in [3.05, 3.63) is 30.2 Å². The van der Waals surface area contributed by atoms with E-state index in [2.05, 4.69) is 20.9 Å². The van der Waals surface area contributed by atoms with Gasteiger partial charge in [0, 0.05) is 11.3 Å². The molecule has 7 nitrogen and oxygen atoms in total. The fourth-order valence-corrected chi connectivity index (χ4v) is 3.38. The van der Waals surface area contributed by atoms with E-state index < -0.39 is 15.4 Å². The summed E-state index contributed by atoms with van der Waals surface area (Å²) in [4.78, 5) is 4.37. The number of hydrogen-bond donors (Lipinski definition) is 1. The molecule has 1 saturated carbocycles. The smallest absolute Gasteiger partial charge is 0.247 e. The minimum absolute atomic E-state index is 0.342. The van der Waals surface area contributed by atoms with Crippen LogP contribution in [-0.4, -0.2) is 24.8 Å². The summed E-state index contributed by atoms with van der Waals surface area (Å²) in [5.74, 6) is 0.688. The Morgan fingerprint density at radius 2 is 2.09 bits per heavy atom. The third-order valence-electron chi connectivity index (χ3n) is 3.93. The Kier molecular flexibility index (Phi) is 3.82. The van der Waals surface area contributed by atoms with E-state index in [1.165, 1.54) is 0 Å². The maximum absolute atomic E-state index is 11.3. The molecule has 1 N–H and O–H groups in total. The number of rotatable bonds is 4. The van der Waals surface area contributed by atoms with Crippen molar-refractivity contribution in [3.63, 3.8) is 0 Å². The number of nitriles is 1. The van der Waals surface area contributed by atoms with Crippen molar-refractivity contribution in [2.75, 3.05) is 11.0 Å². The monoisotopic (exact) mass is 332 g/mol. The van der Waals surface area contributed by atoms with E-state index in [4.69, 9.17) is 4.52 Å². The minimum Gasteiger partial charge on any atom is -0.337 e. The SMILES string of the molecule is CS(=O)(=O)Nc1cccc(-c2noc(C3(C#N)CCCC3)n2)c1. The van der Waals surface area contributed by atoms with E-state index in [-0.39, 0.29) is 0 Å². The molecule has 0 atom stereocenters. The second kappa shape index (κ2) is 5.66. The summed E-state index contributed by atoms with van der Waals surface area (Å²) < 4.78 is 30.3. The zero-order valence-corrected chi connectivity index (χ0v) is 13.4. The number of hydrogen-bond acceptors (Lipinski definition) is 6. The number of benzene rings is 1. The number of aromatic nitrogens is 2. The molecule has 8 heteroatoms. The summed E-state index contributed by atoms with van der Waals surface area (Å²) in [6, 6.07) is 9.04. The Bertz CT molecular complexity index is 861. The number of anilines is 1. The first-order chi connectivity index (χ1) is 10.9. The van der Waals surface area contributed by atoms with Crippen LogP contribution >= 0.6 is 0 Å². The van der Waals surface area contributed by atoms with Gasteiger partial charge >= 0.3 is 0 Å². The topological polar surface area (TPSA) is 109 Å². The van der Waals surface area contributed by atoms with Gasteiger partial charge in [0.2, 0.25) is 21.7 Å². The van der Waals surface area contributed by atoms with E-state index in [1.54, 1.807) is 24.3 Å². The van der Waals surface area contributed by atoms with Crippen LogP contribution in [0.4, 0.5) is 5.69 Å². The molecule has 1 aliphatic rings. The highest BCUT2D eigenvalue weighted by Crippen LogP contribution is 2.40. The lowest BCUT2D eigenvalue weighted by Gasteiger charge is -2.13. The maximum Gasteiger partial charge on any atom is 0.247 e. The highest BCUT2D eigenvalue weighted by atomic mass is 32.2. The normalized spacial score (nSPS) is 16.9. The van der Waals surface area contributed by atoms with Gasteiger partial charge < -0.3 is 4.52 Å². The van der Waals surface area contributed by atoms with Crippen molar-refractivity contribution < 1.29 is 12.9 Å². The standard InChI is InChI=1S/C15H16N4O3S/c1-23(20,21)19-12-6-4-5-11(9-12)13-17-14(22-18-13)15(10-16)7-2-3-8-15/h4-6,9,19H,2-3,7-8H2,1H3. The van der Waals surface area contributed by atoms with Gasteiger partial charge in [-0.2, -0.15) is 10.2 Å². The Morgan fingerprint density at radius 1 is 1.35 bits per heavy atom. The summed E-state index contributed by atoms with van der Waals surface area (Å²) in [5.41, 5.74) is 0.361. The predicted molar refractivity (Wildman–Crippen MR) is 84.0 cm³/mol. The zero-order valence-electron chi connectivity index (χ0n) is 12.6. The number of nitrogens with one attached hydrogen (secondary N) is 1. The molecular formula is C15H16N4O3S. The van der Waals surface area contributed by atoms with Crippen LogP contribution in [0.15, 0.2) is 28.8 Å². The molecule has 1 heterocycles. The van der Waals surface area contributed by atoms with Crippen LogP contribution in [-0.2, 0) is 15.4 Å². The van der Waals surface area contributed by atoms with Gasteiger partial charge in [0.05, 0.1) is 12.3 Å². The molecule has 0 unspecified atom stereocenters. The Hall–Kier alpha value is -2.40. The lowest BCUT2D eigenvalue weighted by Crippen LogP contribution is -2.19. The fourth-order valence-electron chi connectivity index (χ4n) is 2.82. The highest BCUT2D eigenvalue weighted by Gasteiger charge is 2.41. The molecular weight excluding hydrogens is 316 g/mol. The van der Waals surface area contributed by atoms with E-state index >= 15 is 0 Å². The van der Waals surface area contributed by atoms with Crippen LogP contribution in [0.5, 0.6) is 0 Å². The van der Waals surface area contributed by atoms with Crippen LogP contribution < -0.4 is 4.72 Å².